The monoisotopic (exact) mass is 234 g/mol. The molecule has 0 radical (unpaired) electrons. The highest BCUT2D eigenvalue weighted by Crippen LogP contribution is 2.23. The summed E-state index contributed by atoms with van der Waals surface area (Å²) >= 11 is 0. The number of nitrogens with zero attached hydrogens (tertiary/aromatic N) is 2. The Balaban J connectivity index is 1.94. The van der Waals surface area contributed by atoms with Crippen LogP contribution in [-0.2, 0) is 0 Å². The van der Waals surface area contributed by atoms with E-state index >= 15 is 0 Å². The number of aromatic amines is 2. The number of fused-ring (bicyclic) bond motifs is 2. The second-order valence-corrected chi connectivity index (χ2v) is 4.27. The minimum absolute atomic E-state index is 0.888. The van der Waals surface area contributed by atoms with Gasteiger partial charge in [-0.15, -0.1) is 0 Å². The Morgan fingerprint density at radius 1 is 0.944 bits per heavy atom. The Morgan fingerprint density at radius 2 is 1.89 bits per heavy atom. The molecule has 0 aliphatic heterocycles. The zero-order valence-electron chi connectivity index (χ0n) is 9.51. The summed E-state index contributed by atoms with van der Waals surface area (Å²) in [6, 6.07) is 14.2. The third kappa shape index (κ3) is 1.32. The molecule has 0 bridgehead atoms. The molecule has 0 fully saturated rings. The Kier molecular flexibility index (Phi) is 1.80. The molecule has 2 aromatic carbocycles. The zero-order valence-corrected chi connectivity index (χ0v) is 9.51. The summed E-state index contributed by atoms with van der Waals surface area (Å²) in [6.07, 6.45) is 1.82. The molecular formula is C14H10N4. The lowest BCUT2D eigenvalue weighted by Gasteiger charge is -1.96. The van der Waals surface area contributed by atoms with Gasteiger partial charge in [-0.25, -0.2) is 4.98 Å². The maximum Gasteiger partial charge on any atom is 0.138 e. The van der Waals surface area contributed by atoms with Crippen LogP contribution in [0.25, 0.3) is 33.3 Å². The van der Waals surface area contributed by atoms with Crippen LogP contribution in [0.15, 0.2) is 48.7 Å². The average Bonchev–Trinajstić information content (AvgIpc) is 3.04. The smallest absolute Gasteiger partial charge is 0.138 e. The molecular weight excluding hydrogens is 224 g/mol. The number of imidazole rings is 1. The van der Waals surface area contributed by atoms with Gasteiger partial charge in [0.05, 0.1) is 22.7 Å². The molecule has 0 unspecified atom stereocenters. The summed E-state index contributed by atoms with van der Waals surface area (Å²) in [5.74, 6) is 0.888. The summed E-state index contributed by atoms with van der Waals surface area (Å²) in [6.45, 7) is 0. The minimum atomic E-state index is 0.888. The molecule has 4 aromatic rings. The van der Waals surface area contributed by atoms with Crippen molar-refractivity contribution in [2.45, 2.75) is 0 Å². The number of aromatic nitrogens is 4. The van der Waals surface area contributed by atoms with Crippen molar-refractivity contribution >= 4 is 21.9 Å². The fraction of sp³-hybridized carbons (Fsp3) is 0. The Hall–Kier alpha value is -2.62. The number of rotatable bonds is 1. The van der Waals surface area contributed by atoms with Crippen molar-refractivity contribution in [2.24, 2.45) is 0 Å². The fourth-order valence-electron chi connectivity index (χ4n) is 2.18. The van der Waals surface area contributed by atoms with Gasteiger partial charge >= 0.3 is 0 Å². The van der Waals surface area contributed by atoms with Crippen molar-refractivity contribution in [1.29, 1.82) is 0 Å². The molecule has 2 heterocycles. The molecule has 2 aromatic heterocycles. The number of hydrogen-bond acceptors (Lipinski definition) is 2. The third-order valence-electron chi connectivity index (χ3n) is 3.10. The Labute approximate surface area is 103 Å². The van der Waals surface area contributed by atoms with E-state index in [0.717, 1.165) is 33.3 Å². The van der Waals surface area contributed by atoms with Crippen molar-refractivity contribution in [1.82, 2.24) is 20.2 Å². The molecule has 86 valence electrons. The molecule has 0 amide bonds. The van der Waals surface area contributed by atoms with Crippen LogP contribution in [0.3, 0.4) is 0 Å². The van der Waals surface area contributed by atoms with Crippen LogP contribution in [0.2, 0.25) is 0 Å². The standard InChI is InChI=1S/C14H10N4/c1-2-4-13-12(3-1)16-14(17-13)9-5-6-11-10(7-9)8-15-18-11/h1-8H,(H,15,18)(H,16,17). The van der Waals surface area contributed by atoms with E-state index in [0.29, 0.717) is 0 Å². The van der Waals surface area contributed by atoms with E-state index < -0.39 is 0 Å². The second-order valence-electron chi connectivity index (χ2n) is 4.27. The number of para-hydroxylation sites is 2. The summed E-state index contributed by atoms with van der Waals surface area (Å²) in [7, 11) is 0. The SMILES string of the molecule is c1ccc2[nH]c(-c3ccc4[nH]ncc4c3)nc2c1. The van der Waals surface area contributed by atoms with Crippen molar-refractivity contribution in [2.75, 3.05) is 0 Å². The highest BCUT2D eigenvalue weighted by molar-refractivity contribution is 5.85. The van der Waals surface area contributed by atoms with E-state index in [4.69, 9.17) is 0 Å². The maximum absolute atomic E-state index is 4.59. The largest absolute Gasteiger partial charge is 0.338 e. The number of H-pyrrole nitrogens is 2. The highest BCUT2D eigenvalue weighted by Gasteiger charge is 2.05. The van der Waals surface area contributed by atoms with E-state index in [1.165, 1.54) is 0 Å². The van der Waals surface area contributed by atoms with Gasteiger partial charge in [-0.05, 0) is 30.3 Å². The van der Waals surface area contributed by atoms with E-state index in [9.17, 15) is 0 Å². The van der Waals surface area contributed by atoms with Crippen LogP contribution >= 0.6 is 0 Å². The van der Waals surface area contributed by atoms with Crippen LogP contribution in [0.5, 0.6) is 0 Å². The van der Waals surface area contributed by atoms with Crippen molar-refractivity contribution in [3.05, 3.63) is 48.7 Å². The topological polar surface area (TPSA) is 57.4 Å². The van der Waals surface area contributed by atoms with Crippen LogP contribution in [0.1, 0.15) is 0 Å². The summed E-state index contributed by atoms with van der Waals surface area (Å²) < 4.78 is 0. The van der Waals surface area contributed by atoms with E-state index in [2.05, 4.69) is 26.2 Å². The predicted molar refractivity (Wildman–Crippen MR) is 71.2 cm³/mol. The molecule has 4 nitrogen and oxygen atoms in total. The minimum Gasteiger partial charge on any atom is -0.338 e. The number of benzene rings is 2. The number of nitrogens with one attached hydrogen (secondary N) is 2. The lowest BCUT2D eigenvalue weighted by Crippen LogP contribution is -1.79. The molecule has 2 N–H and O–H groups in total. The summed E-state index contributed by atoms with van der Waals surface area (Å²) in [4.78, 5) is 7.92. The van der Waals surface area contributed by atoms with Crippen molar-refractivity contribution in [3.63, 3.8) is 0 Å². The first-order chi connectivity index (χ1) is 8.90. The van der Waals surface area contributed by atoms with Gasteiger partial charge in [-0.2, -0.15) is 5.10 Å². The molecule has 0 spiro atoms. The average molecular weight is 234 g/mol. The van der Waals surface area contributed by atoms with E-state index in [1.54, 1.807) is 0 Å². The molecule has 0 saturated carbocycles. The van der Waals surface area contributed by atoms with Gasteiger partial charge in [-0.1, -0.05) is 12.1 Å². The van der Waals surface area contributed by atoms with Gasteiger partial charge in [0.2, 0.25) is 0 Å². The molecule has 0 atom stereocenters. The second kappa shape index (κ2) is 3.43. The van der Waals surface area contributed by atoms with Gasteiger partial charge < -0.3 is 4.98 Å². The van der Waals surface area contributed by atoms with Crippen LogP contribution < -0.4 is 0 Å². The van der Waals surface area contributed by atoms with Crippen molar-refractivity contribution in [3.8, 4) is 11.4 Å². The van der Waals surface area contributed by atoms with Crippen LogP contribution in [-0.4, -0.2) is 20.2 Å². The summed E-state index contributed by atoms with van der Waals surface area (Å²) in [5, 5.41) is 8.06. The lowest BCUT2D eigenvalue weighted by atomic mass is 10.1. The van der Waals surface area contributed by atoms with Gasteiger partial charge in [-0.3, -0.25) is 5.10 Å². The van der Waals surface area contributed by atoms with Gasteiger partial charge in [0.25, 0.3) is 0 Å². The maximum atomic E-state index is 4.59. The molecule has 0 saturated heterocycles. The molecule has 0 aliphatic rings. The van der Waals surface area contributed by atoms with E-state index in [1.807, 2.05) is 42.6 Å². The Bertz CT molecular complexity index is 808. The highest BCUT2D eigenvalue weighted by atomic mass is 15.1. The first-order valence-electron chi connectivity index (χ1n) is 5.78. The first-order valence-corrected chi connectivity index (χ1v) is 5.78. The van der Waals surface area contributed by atoms with Gasteiger partial charge in [0, 0.05) is 10.9 Å². The zero-order chi connectivity index (χ0) is 11.9. The molecule has 0 aliphatic carbocycles. The van der Waals surface area contributed by atoms with Gasteiger partial charge in [0.1, 0.15) is 5.82 Å². The van der Waals surface area contributed by atoms with Crippen LogP contribution in [0.4, 0.5) is 0 Å². The molecule has 4 heteroatoms. The first kappa shape index (κ1) is 9.41. The van der Waals surface area contributed by atoms with Crippen LogP contribution in [0, 0.1) is 0 Å². The lowest BCUT2D eigenvalue weighted by molar-refractivity contribution is 1.12. The number of hydrogen-bond donors (Lipinski definition) is 2. The normalized spacial score (nSPS) is 11.3. The molecule has 18 heavy (non-hydrogen) atoms. The third-order valence-corrected chi connectivity index (χ3v) is 3.10. The quantitative estimate of drug-likeness (QED) is 0.531. The Morgan fingerprint density at radius 3 is 2.83 bits per heavy atom. The van der Waals surface area contributed by atoms with Crippen molar-refractivity contribution < 1.29 is 0 Å². The predicted octanol–water partition coefficient (Wildman–Crippen LogP) is 3.11. The fourth-order valence-corrected chi connectivity index (χ4v) is 2.18. The molecule has 4 rings (SSSR count). The van der Waals surface area contributed by atoms with E-state index in [-0.39, 0.29) is 0 Å². The van der Waals surface area contributed by atoms with Gasteiger partial charge in [0.15, 0.2) is 0 Å². The summed E-state index contributed by atoms with van der Waals surface area (Å²) in [5.41, 5.74) is 4.15.